The molecule has 5 heteroatoms. The molecule has 0 radical (unpaired) electrons. The number of phenolic OH excluding ortho intramolecular Hbond substituents is 1. The molecule has 1 N–H and O–H groups in total. The van der Waals surface area contributed by atoms with E-state index in [4.69, 9.17) is 19.9 Å². The van der Waals surface area contributed by atoms with E-state index in [2.05, 4.69) is 0 Å². The molecule has 0 saturated carbocycles. The molecular formula is C32H22N4O. The zero-order chi connectivity index (χ0) is 25.0. The van der Waals surface area contributed by atoms with Gasteiger partial charge in [0.15, 0.2) is 17.5 Å². The number of phenols is 1. The van der Waals surface area contributed by atoms with Crippen LogP contribution in [0.2, 0.25) is 0 Å². The highest BCUT2D eigenvalue weighted by atomic mass is 16.3. The number of rotatable bonds is 5. The quantitative estimate of drug-likeness (QED) is 0.281. The van der Waals surface area contributed by atoms with Crippen LogP contribution in [0.25, 0.3) is 56.7 Å². The monoisotopic (exact) mass is 478 g/mol. The van der Waals surface area contributed by atoms with Crippen LogP contribution in [-0.2, 0) is 0 Å². The molecule has 37 heavy (non-hydrogen) atoms. The van der Waals surface area contributed by atoms with Crippen molar-refractivity contribution < 1.29 is 5.11 Å². The van der Waals surface area contributed by atoms with Gasteiger partial charge in [0.25, 0.3) is 0 Å². The smallest absolute Gasteiger partial charge is 0.164 e. The molecule has 0 aliphatic rings. The molecule has 2 aromatic heterocycles. The largest absolute Gasteiger partial charge is 0.507 e. The fourth-order valence-corrected chi connectivity index (χ4v) is 4.19. The van der Waals surface area contributed by atoms with Gasteiger partial charge in [-0.3, -0.25) is 0 Å². The second-order valence-electron chi connectivity index (χ2n) is 8.54. The van der Waals surface area contributed by atoms with Gasteiger partial charge in [0.2, 0.25) is 0 Å². The Morgan fingerprint density at radius 3 is 1.51 bits per heavy atom. The van der Waals surface area contributed by atoms with E-state index in [1.807, 2.05) is 115 Å². The first-order valence-corrected chi connectivity index (χ1v) is 12.0. The predicted octanol–water partition coefficient (Wildman–Crippen LogP) is 7.31. The molecule has 0 atom stereocenters. The van der Waals surface area contributed by atoms with E-state index in [0.29, 0.717) is 28.7 Å². The van der Waals surface area contributed by atoms with Crippen LogP contribution in [-0.4, -0.2) is 25.0 Å². The first-order valence-electron chi connectivity index (χ1n) is 12.0. The second kappa shape index (κ2) is 9.84. The lowest BCUT2D eigenvalue weighted by Crippen LogP contribution is -2.00. The van der Waals surface area contributed by atoms with Gasteiger partial charge >= 0.3 is 0 Å². The van der Waals surface area contributed by atoms with Crippen molar-refractivity contribution in [2.75, 3.05) is 0 Å². The molecule has 0 spiro atoms. The third-order valence-electron chi connectivity index (χ3n) is 6.05. The number of para-hydroxylation sites is 1. The van der Waals surface area contributed by atoms with Gasteiger partial charge in [-0.15, -0.1) is 0 Å². The van der Waals surface area contributed by atoms with Crippen LogP contribution < -0.4 is 0 Å². The van der Waals surface area contributed by atoms with Gasteiger partial charge in [0, 0.05) is 27.8 Å². The van der Waals surface area contributed by atoms with E-state index >= 15 is 0 Å². The van der Waals surface area contributed by atoms with Crippen molar-refractivity contribution >= 4 is 0 Å². The summed E-state index contributed by atoms with van der Waals surface area (Å²) in [5.41, 5.74) is 5.84. The molecule has 0 saturated heterocycles. The summed E-state index contributed by atoms with van der Waals surface area (Å²) in [6, 6.07) is 40.9. The molecule has 2 heterocycles. The summed E-state index contributed by atoms with van der Waals surface area (Å²) in [5.74, 6) is 2.03. The molecule has 0 aliphatic carbocycles. The van der Waals surface area contributed by atoms with E-state index in [1.54, 1.807) is 12.1 Å². The summed E-state index contributed by atoms with van der Waals surface area (Å²) in [5, 5.41) is 10.3. The molecule has 0 amide bonds. The minimum absolute atomic E-state index is 0.202. The van der Waals surface area contributed by atoms with E-state index in [0.717, 1.165) is 27.9 Å². The average Bonchev–Trinajstić information content (AvgIpc) is 2.98. The summed E-state index contributed by atoms with van der Waals surface area (Å²) in [6.45, 7) is 0. The number of benzene rings is 4. The van der Waals surface area contributed by atoms with Crippen LogP contribution in [0.15, 0.2) is 127 Å². The minimum Gasteiger partial charge on any atom is -0.507 e. The summed E-state index contributed by atoms with van der Waals surface area (Å²) in [7, 11) is 0. The van der Waals surface area contributed by atoms with Crippen molar-refractivity contribution in [3.8, 4) is 62.4 Å². The van der Waals surface area contributed by atoms with Crippen LogP contribution in [0.4, 0.5) is 0 Å². The zero-order valence-corrected chi connectivity index (χ0v) is 19.9. The maximum absolute atomic E-state index is 10.3. The molecule has 0 fully saturated rings. The van der Waals surface area contributed by atoms with Gasteiger partial charge in [-0.2, -0.15) is 0 Å². The van der Waals surface area contributed by atoms with Crippen LogP contribution >= 0.6 is 0 Å². The summed E-state index contributed by atoms with van der Waals surface area (Å²) >= 11 is 0. The highest BCUT2D eigenvalue weighted by Crippen LogP contribution is 2.31. The Bertz CT molecular complexity index is 1630. The van der Waals surface area contributed by atoms with Gasteiger partial charge in [-0.25, -0.2) is 19.9 Å². The van der Waals surface area contributed by atoms with Crippen LogP contribution in [0.3, 0.4) is 0 Å². The molecule has 0 aliphatic heterocycles. The Balaban J connectivity index is 1.45. The molecule has 176 valence electrons. The summed E-state index contributed by atoms with van der Waals surface area (Å²) in [6.07, 6.45) is 0. The number of nitrogens with zero attached hydrogens (tertiary/aromatic N) is 4. The van der Waals surface area contributed by atoms with Gasteiger partial charge < -0.3 is 5.11 Å². The van der Waals surface area contributed by atoms with Crippen LogP contribution in [0.5, 0.6) is 5.75 Å². The first-order chi connectivity index (χ1) is 18.2. The fraction of sp³-hybridized carbons (Fsp3) is 0. The Labute approximate surface area is 214 Å². The van der Waals surface area contributed by atoms with E-state index in [-0.39, 0.29) is 5.75 Å². The lowest BCUT2D eigenvalue weighted by atomic mass is 10.0. The topological polar surface area (TPSA) is 71.8 Å². The molecule has 5 nitrogen and oxygen atoms in total. The van der Waals surface area contributed by atoms with Gasteiger partial charge in [0.1, 0.15) is 5.75 Å². The summed E-state index contributed by atoms with van der Waals surface area (Å²) < 4.78 is 0. The number of aromatic hydroxyl groups is 1. The van der Waals surface area contributed by atoms with Crippen molar-refractivity contribution in [3.63, 3.8) is 0 Å². The van der Waals surface area contributed by atoms with Crippen LogP contribution in [0.1, 0.15) is 0 Å². The molecule has 4 aromatic carbocycles. The molecule has 0 unspecified atom stereocenters. The van der Waals surface area contributed by atoms with Crippen molar-refractivity contribution in [2.24, 2.45) is 0 Å². The first kappa shape index (κ1) is 22.3. The second-order valence-corrected chi connectivity index (χ2v) is 8.54. The lowest BCUT2D eigenvalue weighted by molar-refractivity contribution is 0.477. The average molecular weight is 479 g/mol. The molecule has 6 aromatic rings. The highest BCUT2D eigenvalue weighted by Gasteiger charge is 2.13. The number of pyridine rings is 1. The zero-order valence-electron chi connectivity index (χ0n) is 19.9. The standard InChI is InChI=1S/C32H22N4O/c37-29-20-8-7-17-26(29)28-19-10-18-27(33-28)24-15-9-16-25(21-24)32-35-30(22-11-3-1-4-12-22)34-31(36-32)23-13-5-2-6-14-23/h1-21,37H. The molecule has 0 bridgehead atoms. The van der Waals surface area contributed by atoms with E-state index in [1.165, 1.54) is 0 Å². The maximum Gasteiger partial charge on any atom is 0.164 e. The van der Waals surface area contributed by atoms with Gasteiger partial charge in [-0.05, 0) is 30.3 Å². The van der Waals surface area contributed by atoms with E-state index in [9.17, 15) is 5.11 Å². The van der Waals surface area contributed by atoms with Crippen molar-refractivity contribution in [1.82, 2.24) is 19.9 Å². The Kier molecular flexibility index (Phi) is 5.93. The Hall–Kier alpha value is -5.16. The minimum atomic E-state index is 0.202. The SMILES string of the molecule is Oc1ccccc1-c1cccc(-c2cccc(-c3nc(-c4ccccc4)nc(-c4ccccc4)n3)c2)n1. The lowest BCUT2D eigenvalue weighted by Gasteiger charge is -2.10. The number of aromatic nitrogens is 4. The normalized spacial score (nSPS) is 10.8. The number of hydrogen-bond acceptors (Lipinski definition) is 5. The molecular weight excluding hydrogens is 456 g/mol. The Morgan fingerprint density at radius 2 is 0.865 bits per heavy atom. The van der Waals surface area contributed by atoms with Gasteiger partial charge in [-0.1, -0.05) is 97.1 Å². The van der Waals surface area contributed by atoms with Crippen molar-refractivity contribution in [2.45, 2.75) is 0 Å². The van der Waals surface area contributed by atoms with Crippen molar-refractivity contribution in [1.29, 1.82) is 0 Å². The number of hydrogen-bond donors (Lipinski definition) is 1. The van der Waals surface area contributed by atoms with Crippen molar-refractivity contribution in [3.05, 3.63) is 127 Å². The highest BCUT2D eigenvalue weighted by molar-refractivity contribution is 5.73. The van der Waals surface area contributed by atoms with Gasteiger partial charge in [0.05, 0.1) is 11.4 Å². The van der Waals surface area contributed by atoms with E-state index < -0.39 is 0 Å². The molecule has 6 rings (SSSR count). The summed E-state index contributed by atoms with van der Waals surface area (Å²) in [4.78, 5) is 19.3. The fourth-order valence-electron chi connectivity index (χ4n) is 4.19. The Morgan fingerprint density at radius 1 is 0.378 bits per heavy atom. The maximum atomic E-state index is 10.3. The predicted molar refractivity (Wildman–Crippen MR) is 146 cm³/mol. The third-order valence-corrected chi connectivity index (χ3v) is 6.05. The van der Waals surface area contributed by atoms with Crippen LogP contribution in [0, 0.1) is 0 Å². The third kappa shape index (κ3) is 4.70.